The summed E-state index contributed by atoms with van der Waals surface area (Å²) in [6.07, 6.45) is -3.74. The molecule has 0 bridgehead atoms. The van der Waals surface area contributed by atoms with Gasteiger partial charge in [0.15, 0.2) is 17.7 Å². The number of carbonyl (C=O) groups is 4. The predicted molar refractivity (Wildman–Crippen MR) is 205 cm³/mol. The van der Waals surface area contributed by atoms with E-state index >= 15 is 0 Å². The Morgan fingerprint density at radius 1 is 1.04 bits per heavy atom. The lowest BCUT2D eigenvalue weighted by Crippen LogP contribution is -2.61. The van der Waals surface area contributed by atoms with Crippen LogP contribution in [0, 0.1) is 23.7 Å². The van der Waals surface area contributed by atoms with Crippen molar-refractivity contribution in [3.8, 4) is 0 Å². The standard InChI is InChI=1S/C40H62N6O10/c1-12-30-40(8)34(46(38(51)56-40)41-18-15-19-45-28-17-14-13-16-27(28)42-43-45)24(4)31(47)22(2)21-39(7,52-11)35(25(5)32(48)26(6)36(50)54-30)55-37-33(49)29(44(9)10)20-23(3)53-37/h13-14,16-17,22-26,29-30,33-35,37,41,49H,12,15,18-21H2,1-11H3/t22-,23?,24+,25+,26-,29?,30-,33?,34-,35-,37+,39-,40-/m1/s1. The van der Waals surface area contributed by atoms with Gasteiger partial charge in [-0.15, -0.1) is 5.10 Å². The van der Waals surface area contributed by atoms with Crippen molar-refractivity contribution in [3.05, 3.63) is 24.3 Å². The highest BCUT2D eigenvalue weighted by atomic mass is 16.7. The second-order valence-electron chi connectivity index (χ2n) is 16.6. The molecule has 3 aliphatic rings. The first kappa shape index (κ1) is 43.6. The van der Waals surface area contributed by atoms with Gasteiger partial charge in [-0.05, 0) is 79.6 Å². The van der Waals surface area contributed by atoms with Crippen molar-refractivity contribution in [3.63, 3.8) is 0 Å². The molecular formula is C40H62N6O10. The number of ether oxygens (including phenoxy) is 5. The first-order valence-corrected chi connectivity index (χ1v) is 19.9. The number of aromatic nitrogens is 3. The van der Waals surface area contributed by atoms with E-state index in [4.69, 9.17) is 23.7 Å². The summed E-state index contributed by atoms with van der Waals surface area (Å²) in [5, 5.41) is 21.2. The number of benzene rings is 1. The molecule has 0 aliphatic carbocycles. The number of aliphatic hydroxyl groups excluding tert-OH is 1. The van der Waals surface area contributed by atoms with Crippen LogP contribution in [0.25, 0.3) is 11.0 Å². The lowest BCUT2D eigenvalue weighted by Gasteiger charge is -2.47. The van der Waals surface area contributed by atoms with Gasteiger partial charge in [-0.1, -0.05) is 45.0 Å². The van der Waals surface area contributed by atoms with Crippen molar-refractivity contribution in [2.45, 2.75) is 142 Å². The van der Waals surface area contributed by atoms with Crippen molar-refractivity contribution in [2.24, 2.45) is 23.7 Å². The van der Waals surface area contributed by atoms with Crippen LogP contribution in [-0.4, -0.2) is 135 Å². The minimum absolute atomic E-state index is 0.109. The zero-order valence-electron chi connectivity index (χ0n) is 34.8. The second kappa shape index (κ2) is 17.5. The van der Waals surface area contributed by atoms with Gasteiger partial charge in [0, 0.05) is 44.0 Å². The molecule has 1 aromatic carbocycles. The highest BCUT2D eigenvalue weighted by Crippen LogP contribution is 2.42. The fourth-order valence-corrected chi connectivity index (χ4v) is 9.04. The summed E-state index contributed by atoms with van der Waals surface area (Å²) in [6.45, 7) is 14.6. The number of para-hydroxylation sites is 1. The predicted octanol–water partition coefficient (Wildman–Crippen LogP) is 3.53. The largest absolute Gasteiger partial charge is 0.458 e. The van der Waals surface area contributed by atoms with Crippen LogP contribution in [0.2, 0.25) is 0 Å². The van der Waals surface area contributed by atoms with Crippen LogP contribution in [0.1, 0.15) is 81.1 Å². The molecule has 312 valence electrons. The van der Waals surface area contributed by atoms with Gasteiger partial charge in [0.05, 0.1) is 23.3 Å². The summed E-state index contributed by atoms with van der Waals surface area (Å²) in [5.41, 5.74) is 2.13. The first-order chi connectivity index (χ1) is 26.4. The third-order valence-corrected chi connectivity index (χ3v) is 12.3. The van der Waals surface area contributed by atoms with Gasteiger partial charge in [-0.25, -0.2) is 19.9 Å². The smallest absolute Gasteiger partial charge is 0.425 e. The van der Waals surface area contributed by atoms with Gasteiger partial charge in [-0.2, -0.15) is 0 Å². The summed E-state index contributed by atoms with van der Waals surface area (Å²) in [4.78, 5) is 58.5. The van der Waals surface area contributed by atoms with Gasteiger partial charge >= 0.3 is 12.1 Å². The maximum absolute atomic E-state index is 14.7. The van der Waals surface area contributed by atoms with Gasteiger partial charge < -0.3 is 33.7 Å². The number of fused-ring (bicyclic) bond motifs is 2. The number of hydrogen-bond acceptors (Lipinski definition) is 14. The molecule has 3 fully saturated rings. The highest BCUT2D eigenvalue weighted by molar-refractivity contribution is 6.00. The van der Waals surface area contributed by atoms with Crippen LogP contribution >= 0.6 is 0 Å². The fourth-order valence-electron chi connectivity index (χ4n) is 9.04. The molecule has 3 aliphatic heterocycles. The molecule has 0 saturated carbocycles. The zero-order valence-corrected chi connectivity index (χ0v) is 34.8. The molecular weight excluding hydrogens is 724 g/mol. The average molecular weight is 787 g/mol. The van der Waals surface area contributed by atoms with Crippen molar-refractivity contribution in [1.29, 1.82) is 0 Å². The molecule has 1 amide bonds. The number of nitrogens with zero attached hydrogens (tertiary/aromatic N) is 5. The molecule has 3 unspecified atom stereocenters. The fraction of sp³-hybridized carbons (Fsp3) is 0.750. The number of nitrogens with one attached hydrogen (secondary N) is 1. The van der Waals surface area contributed by atoms with E-state index in [0.717, 1.165) is 11.0 Å². The maximum atomic E-state index is 14.7. The highest BCUT2D eigenvalue weighted by Gasteiger charge is 2.61. The molecule has 16 nitrogen and oxygen atoms in total. The Hall–Kier alpha value is -3.54. The van der Waals surface area contributed by atoms with Crippen molar-refractivity contribution in [1.82, 2.24) is 30.3 Å². The van der Waals surface area contributed by atoms with E-state index in [2.05, 4.69) is 15.7 Å². The molecule has 2 N–H and O–H groups in total. The Morgan fingerprint density at radius 3 is 2.39 bits per heavy atom. The number of rotatable bonds is 10. The Labute approximate surface area is 329 Å². The monoisotopic (exact) mass is 786 g/mol. The van der Waals surface area contributed by atoms with E-state index in [1.807, 2.05) is 50.2 Å². The molecule has 1 aromatic heterocycles. The van der Waals surface area contributed by atoms with E-state index in [1.54, 1.807) is 46.2 Å². The number of carbonyl (C=O) groups excluding carboxylic acids is 4. The van der Waals surface area contributed by atoms with E-state index < -0.39 is 83.4 Å². The molecule has 3 saturated heterocycles. The molecule has 0 radical (unpaired) electrons. The number of amides is 1. The number of aryl methyl sites for hydroxylation is 1. The average Bonchev–Trinajstić information content (AvgIpc) is 3.70. The summed E-state index contributed by atoms with van der Waals surface area (Å²) in [7, 11) is 5.22. The van der Waals surface area contributed by atoms with E-state index in [9.17, 15) is 24.3 Å². The number of methoxy groups -OCH3 is 1. The van der Waals surface area contributed by atoms with Gasteiger partial charge in [0.25, 0.3) is 0 Å². The molecule has 5 rings (SSSR count). The van der Waals surface area contributed by atoms with Crippen LogP contribution in [-0.2, 0) is 44.6 Å². The number of hydrogen-bond donors (Lipinski definition) is 2. The number of cyclic esters (lactones) is 1. The van der Waals surface area contributed by atoms with Crippen LogP contribution < -0.4 is 5.43 Å². The van der Waals surface area contributed by atoms with Crippen molar-refractivity contribution >= 4 is 34.7 Å². The molecule has 16 heteroatoms. The van der Waals surface area contributed by atoms with Crippen molar-refractivity contribution in [2.75, 3.05) is 27.7 Å². The minimum Gasteiger partial charge on any atom is -0.458 e. The number of esters is 1. The Balaban J connectivity index is 1.46. The van der Waals surface area contributed by atoms with Crippen molar-refractivity contribution < 1.29 is 48.0 Å². The number of Topliss-reactive ketones (excluding diaryl/α,β-unsaturated/α-hetero) is 2. The number of hydrazine groups is 1. The quantitative estimate of drug-likeness (QED) is 0.203. The molecule has 56 heavy (non-hydrogen) atoms. The lowest BCUT2D eigenvalue weighted by atomic mass is 9.73. The van der Waals surface area contributed by atoms with E-state index in [0.29, 0.717) is 25.9 Å². The van der Waals surface area contributed by atoms with Crippen LogP contribution in [0.15, 0.2) is 24.3 Å². The van der Waals surface area contributed by atoms with Gasteiger partial charge in [0.1, 0.15) is 35.5 Å². The summed E-state index contributed by atoms with van der Waals surface area (Å²) >= 11 is 0. The Kier molecular flexibility index (Phi) is 13.6. The minimum atomic E-state index is -1.46. The summed E-state index contributed by atoms with van der Waals surface area (Å²) in [6, 6.07) is 6.45. The summed E-state index contributed by atoms with van der Waals surface area (Å²) < 4.78 is 32.8. The van der Waals surface area contributed by atoms with Gasteiger partial charge in [0.2, 0.25) is 0 Å². The number of aliphatic hydroxyl groups is 1. The van der Waals surface area contributed by atoms with Gasteiger partial charge in [-0.3, -0.25) is 14.4 Å². The van der Waals surface area contributed by atoms with Crippen LogP contribution in [0.3, 0.4) is 0 Å². The topological polar surface area (TPSA) is 184 Å². The Bertz CT molecular complexity index is 1720. The molecule has 13 atom stereocenters. The second-order valence-corrected chi connectivity index (χ2v) is 16.6. The Morgan fingerprint density at radius 2 is 1.73 bits per heavy atom. The summed E-state index contributed by atoms with van der Waals surface area (Å²) in [5.74, 6) is -5.14. The van der Waals surface area contributed by atoms with Crippen LogP contribution in [0.4, 0.5) is 4.79 Å². The lowest BCUT2D eigenvalue weighted by molar-refractivity contribution is -0.295. The SMILES string of the molecule is CC[C@H]1OC(=O)[C@H](C)C(=O)[C@H](C)[C@@H](O[C@@H]2OC(C)CC(N(C)C)C2O)[C@](C)(OC)C[C@@H](C)C(=O)[C@H](C)[C@H]2N(NCCCn3nnc4ccccc43)C(=O)O[C@]12C. The van der Waals surface area contributed by atoms with E-state index in [-0.39, 0.29) is 30.8 Å². The number of likely N-dealkylation sites (N-methyl/N-ethyl adjacent to an activating group) is 1. The van der Waals surface area contributed by atoms with E-state index in [1.165, 1.54) is 19.0 Å². The first-order valence-electron chi connectivity index (χ1n) is 19.9. The third-order valence-electron chi connectivity index (χ3n) is 12.3. The third kappa shape index (κ3) is 8.51. The zero-order chi connectivity index (χ0) is 41.3. The number of ketones is 2. The van der Waals surface area contributed by atoms with Crippen LogP contribution in [0.5, 0.6) is 0 Å². The molecule has 0 spiro atoms. The molecule has 4 heterocycles. The maximum Gasteiger partial charge on any atom is 0.425 e. The molecule has 2 aromatic rings. The normalized spacial score (nSPS) is 37.7.